The monoisotopic (exact) mass is 145 g/mol. The summed E-state index contributed by atoms with van der Waals surface area (Å²) in [4.78, 5) is 3.80. The van der Waals surface area contributed by atoms with Crippen LogP contribution >= 0.6 is 0 Å². The average molecular weight is 146 g/mol. The van der Waals surface area contributed by atoms with Gasteiger partial charge in [0.25, 0.3) is 0 Å². The summed E-state index contributed by atoms with van der Waals surface area (Å²) >= 11 is 0. The minimum Gasteiger partial charge on any atom is -1.00 e. The molecule has 0 aliphatic rings. The number of nitrogen functional groups attached to an aromatic ring is 1. The third kappa shape index (κ3) is 2.28. The van der Waals surface area contributed by atoms with Crippen LogP contribution in [0.1, 0.15) is 0 Å². The first kappa shape index (κ1) is 8.17. The van der Waals surface area contributed by atoms with Crippen LogP contribution in [0.4, 0.5) is 5.82 Å². The Labute approximate surface area is 59.9 Å². The van der Waals surface area contributed by atoms with Crippen LogP contribution in [-0.2, 0) is 7.05 Å². The maximum absolute atomic E-state index is 5.33. The lowest BCUT2D eigenvalue weighted by atomic mass is 10.7. The standard InChI is InChI=1S/C5H8N3.ClH/c1-8-3-2-7-5(6)4-8;/h2-4H,1H3,(H2,6,7);1H/q+1;/p-1. The van der Waals surface area contributed by atoms with E-state index in [4.69, 9.17) is 5.73 Å². The molecule has 0 aliphatic carbocycles. The number of hydrogen-bond acceptors (Lipinski definition) is 2. The second-order valence-electron chi connectivity index (χ2n) is 1.65. The molecule has 0 unspecified atom stereocenters. The number of aromatic nitrogens is 2. The van der Waals surface area contributed by atoms with E-state index in [1.54, 1.807) is 12.4 Å². The van der Waals surface area contributed by atoms with E-state index in [1.807, 2.05) is 17.8 Å². The van der Waals surface area contributed by atoms with Crippen molar-refractivity contribution in [2.24, 2.45) is 7.05 Å². The molecule has 1 aromatic rings. The topological polar surface area (TPSA) is 42.8 Å². The van der Waals surface area contributed by atoms with Gasteiger partial charge in [-0.1, -0.05) is 0 Å². The van der Waals surface area contributed by atoms with Gasteiger partial charge in [0, 0.05) is 0 Å². The molecule has 0 saturated carbocycles. The lowest BCUT2D eigenvalue weighted by molar-refractivity contribution is -0.671. The van der Waals surface area contributed by atoms with Gasteiger partial charge in [0.1, 0.15) is 7.05 Å². The van der Waals surface area contributed by atoms with Crippen molar-refractivity contribution in [1.29, 1.82) is 0 Å². The molecule has 0 spiro atoms. The van der Waals surface area contributed by atoms with Crippen LogP contribution in [0.15, 0.2) is 18.6 Å². The highest BCUT2D eigenvalue weighted by molar-refractivity contribution is 5.17. The summed E-state index contributed by atoms with van der Waals surface area (Å²) in [5.41, 5.74) is 5.33. The number of nitrogens with zero attached hydrogens (tertiary/aromatic N) is 2. The molecule has 1 heterocycles. The second-order valence-corrected chi connectivity index (χ2v) is 1.65. The predicted octanol–water partition coefficient (Wildman–Crippen LogP) is -3.51. The first-order valence-electron chi connectivity index (χ1n) is 2.36. The molecule has 50 valence electrons. The Balaban J connectivity index is 0.000000640. The zero-order chi connectivity index (χ0) is 5.98. The average Bonchev–Trinajstić information content (AvgIpc) is 1.64. The van der Waals surface area contributed by atoms with Crippen molar-refractivity contribution in [3.63, 3.8) is 0 Å². The van der Waals surface area contributed by atoms with Crippen molar-refractivity contribution in [2.45, 2.75) is 0 Å². The highest BCUT2D eigenvalue weighted by atomic mass is 35.5. The minimum atomic E-state index is 0. The van der Waals surface area contributed by atoms with Crippen molar-refractivity contribution < 1.29 is 17.0 Å². The number of aryl methyl sites for hydroxylation is 1. The molecule has 2 N–H and O–H groups in total. The lowest BCUT2D eigenvalue weighted by Gasteiger charge is -1.85. The van der Waals surface area contributed by atoms with Gasteiger partial charge >= 0.3 is 0 Å². The Morgan fingerprint density at radius 2 is 2.33 bits per heavy atom. The van der Waals surface area contributed by atoms with Crippen molar-refractivity contribution >= 4 is 5.82 Å². The number of anilines is 1. The third-order valence-electron chi connectivity index (χ3n) is 0.861. The molecule has 0 radical (unpaired) electrons. The molecule has 1 rings (SSSR count). The summed E-state index contributed by atoms with van der Waals surface area (Å²) in [7, 11) is 1.90. The molecule has 4 heteroatoms. The molecule has 0 aliphatic heterocycles. The second kappa shape index (κ2) is 3.25. The van der Waals surface area contributed by atoms with E-state index in [-0.39, 0.29) is 12.4 Å². The zero-order valence-electron chi connectivity index (χ0n) is 5.08. The van der Waals surface area contributed by atoms with Crippen LogP contribution < -0.4 is 22.7 Å². The minimum absolute atomic E-state index is 0. The van der Waals surface area contributed by atoms with E-state index in [9.17, 15) is 0 Å². The van der Waals surface area contributed by atoms with E-state index in [0.717, 1.165) is 0 Å². The molecule has 0 saturated heterocycles. The Morgan fingerprint density at radius 1 is 1.67 bits per heavy atom. The molecular weight excluding hydrogens is 138 g/mol. The molecule has 0 aromatic carbocycles. The Bertz CT molecular complexity index is 172. The third-order valence-corrected chi connectivity index (χ3v) is 0.861. The summed E-state index contributed by atoms with van der Waals surface area (Å²) < 4.78 is 1.85. The number of halogens is 1. The number of nitrogens with two attached hydrogens (primary N) is 1. The fourth-order valence-electron chi connectivity index (χ4n) is 0.510. The molecule has 0 bridgehead atoms. The van der Waals surface area contributed by atoms with E-state index < -0.39 is 0 Å². The van der Waals surface area contributed by atoms with E-state index >= 15 is 0 Å². The largest absolute Gasteiger partial charge is 1.00 e. The van der Waals surface area contributed by atoms with E-state index in [2.05, 4.69) is 4.98 Å². The maximum Gasteiger partial charge on any atom is 0.211 e. The Morgan fingerprint density at radius 3 is 2.67 bits per heavy atom. The highest BCUT2D eigenvalue weighted by Crippen LogP contribution is 1.82. The van der Waals surface area contributed by atoms with Gasteiger partial charge in [-0.15, -0.1) is 0 Å². The lowest BCUT2D eigenvalue weighted by Crippen LogP contribution is -3.00. The zero-order valence-corrected chi connectivity index (χ0v) is 5.84. The van der Waals surface area contributed by atoms with Gasteiger partial charge < -0.3 is 18.1 Å². The van der Waals surface area contributed by atoms with Gasteiger partial charge in [0.2, 0.25) is 6.20 Å². The maximum atomic E-state index is 5.33. The summed E-state index contributed by atoms with van der Waals surface area (Å²) in [5.74, 6) is 0.551. The van der Waals surface area contributed by atoms with E-state index in [1.165, 1.54) is 0 Å². The predicted molar refractivity (Wildman–Crippen MR) is 29.8 cm³/mol. The quantitative estimate of drug-likeness (QED) is 0.385. The number of hydrogen-bond donors (Lipinski definition) is 1. The first-order chi connectivity index (χ1) is 3.79. The van der Waals surface area contributed by atoms with E-state index in [0.29, 0.717) is 5.82 Å². The molecule has 1 aromatic heterocycles. The van der Waals surface area contributed by atoms with Gasteiger partial charge in [-0.2, -0.15) is 0 Å². The molecule has 0 fully saturated rings. The van der Waals surface area contributed by atoms with Crippen LogP contribution in [0, 0.1) is 0 Å². The van der Waals surface area contributed by atoms with Gasteiger partial charge in [-0.25, -0.2) is 9.55 Å². The van der Waals surface area contributed by atoms with Crippen LogP contribution in [0.25, 0.3) is 0 Å². The molecule has 0 atom stereocenters. The van der Waals surface area contributed by atoms with Crippen LogP contribution in [0.2, 0.25) is 0 Å². The van der Waals surface area contributed by atoms with Crippen LogP contribution in [0.3, 0.4) is 0 Å². The van der Waals surface area contributed by atoms with Crippen LogP contribution in [0.5, 0.6) is 0 Å². The van der Waals surface area contributed by atoms with Gasteiger partial charge in [-0.05, 0) is 0 Å². The fourth-order valence-corrected chi connectivity index (χ4v) is 0.510. The normalized spacial score (nSPS) is 8.11. The van der Waals surface area contributed by atoms with Gasteiger partial charge in [-0.3, -0.25) is 0 Å². The van der Waals surface area contributed by atoms with Gasteiger partial charge in [0.15, 0.2) is 12.0 Å². The Hall–Kier alpha value is -0.830. The molecule has 3 nitrogen and oxygen atoms in total. The summed E-state index contributed by atoms with van der Waals surface area (Å²) in [6.07, 6.45) is 5.24. The first-order valence-corrected chi connectivity index (χ1v) is 2.36. The van der Waals surface area contributed by atoms with Crippen molar-refractivity contribution in [2.75, 3.05) is 5.73 Å². The summed E-state index contributed by atoms with van der Waals surface area (Å²) in [6, 6.07) is 0. The molecular formula is C5H8ClN3. The highest BCUT2D eigenvalue weighted by Gasteiger charge is 1.89. The van der Waals surface area contributed by atoms with Crippen LogP contribution in [-0.4, -0.2) is 4.98 Å². The number of rotatable bonds is 0. The van der Waals surface area contributed by atoms with Crippen molar-refractivity contribution in [1.82, 2.24) is 4.98 Å². The molecule has 0 amide bonds. The fraction of sp³-hybridized carbons (Fsp3) is 0.200. The smallest absolute Gasteiger partial charge is 0.211 e. The van der Waals surface area contributed by atoms with Crippen molar-refractivity contribution in [3.05, 3.63) is 18.6 Å². The summed E-state index contributed by atoms with van der Waals surface area (Å²) in [5, 5.41) is 0. The SMILES string of the molecule is C[n+]1ccnc(N)c1.[Cl-]. The van der Waals surface area contributed by atoms with Crippen molar-refractivity contribution in [3.8, 4) is 0 Å². The summed E-state index contributed by atoms with van der Waals surface area (Å²) in [6.45, 7) is 0. The van der Waals surface area contributed by atoms with Gasteiger partial charge in [0.05, 0.1) is 6.20 Å². The molecule has 9 heavy (non-hydrogen) atoms. The Kier molecular flexibility index (Phi) is 2.95.